The van der Waals surface area contributed by atoms with Crippen LogP contribution in [-0.4, -0.2) is 17.9 Å². The highest BCUT2D eigenvalue weighted by Gasteiger charge is 2.54. The van der Waals surface area contributed by atoms with E-state index in [-0.39, 0.29) is 17.9 Å². The number of carboxylic acid groups (broad SMARTS) is 1. The zero-order valence-electron chi connectivity index (χ0n) is 13.5. The summed E-state index contributed by atoms with van der Waals surface area (Å²) in [5, 5.41) is 14.7. The number of rotatable bonds is 3. The quantitative estimate of drug-likeness (QED) is 0.810. The number of hydrogen-bond donors (Lipinski definition) is 1. The van der Waals surface area contributed by atoms with Gasteiger partial charge in [0.25, 0.3) is 0 Å². The summed E-state index contributed by atoms with van der Waals surface area (Å²) < 4.78 is 0. The van der Waals surface area contributed by atoms with E-state index in [1.54, 1.807) is 6.92 Å². The number of carbonyl (C=O) groups excluding carboxylic acids is 2. The fraction of sp³-hybridized carbons (Fsp3) is 0.882. The molecule has 0 spiro atoms. The van der Waals surface area contributed by atoms with Gasteiger partial charge < -0.3 is 15.2 Å². The van der Waals surface area contributed by atoms with Crippen LogP contribution in [0.2, 0.25) is 0 Å². The van der Waals surface area contributed by atoms with Crippen molar-refractivity contribution in [1.82, 2.24) is 5.32 Å². The van der Waals surface area contributed by atoms with Gasteiger partial charge in [0, 0.05) is 23.3 Å². The predicted octanol–water partition coefficient (Wildman–Crippen LogP) is 2.02. The molecule has 0 saturated heterocycles. The molecule has 21 heavy (non-hydrogen) atoms. The van der Waals surface area contributed by atoms with E-state index in [1.807, 2.05) is 13.8 Å². The largest absolute Gasteiger partial charge is 0.550 e. The van der Waals surface area contributed by atoms with Gasteiger partial charge in [0.2, 0.25) is 5.91 Å². The number of aliphatic carboxylic acids is 1. The molecule has 0 aromatic heterocycles. The Morgan fingerprint density at radius 2 is 1.57 bits per heavy atom. The highest BCUT2D eigenvalue weighted by molar-refractivity contribution is 5.83. The Morgan fingerprint density at radius 3 is 2.05 bits per heavy atom. The molecule has 2 aliphatic rings. The monoisotopic (exact) mass is 294 g/mol. The van der Waals surface area contributed by atoms with Gasteiger partial charge in [0.1, 0.15) is 0 Å². The van der Waals surface area contributed by atoms with Crippen molar-refractivity contribution >= 4 is 11.9 Å². The van der Waals surface area contributed by atoms with E-state index < -0.39 is 16.8 Å². The van der Waals surface area contributed by atoms with Crippen molar-refractivity contribution in [2.24, 2.45) is 16.7 Å². The van der Waals surface area contributed by atoms with Crippen LogP contribution in [0.15, 0.2) is 0 Å². The lowest BCUT2D eigenvalue weighted by Gasteiger charge is -2.42. The van der Waals surface area contributed by atoms with Crippen molar-refractivity contribution in [3.8, 4) is 0 Å². The van der Waals surface area contributed by atoms with Crippen LogP contribution in [0.5, 0.6) is 0 Å². The van der Waals surface area contributed by atoms with Crippen LogP contribution in [0.25, 0.3) is 0 Å². The zero-order valence-corrected chi connectivity index (χ0v) is 13.5. The molecule has 0 heterocycles. The molecule has 1 N–H and O–H groups in total. The Hall–Kier alpha value is -1.06. The third-order valence-corrected chi connectivity index (χ3v) is 6.19. The minimum absolute atomic E-state index is 0.0388. The van der Waals surface area contributed by atoms with Crippen molar-refractivity contribution in [3.63, 3.8) is 0 Å². The van der Waals surface area contributed by atoms with Crippen LogP contribution in [0, 0.1) is 16.7 Å². The van der Waals surface area contributed by atoms with Gasteiger partial charge in [-0.05, 0) is 31.1 Å². The minimum Gasteiger partial charge on any atom is -0.550 e. The molecule has 2 rings (SSSR count). The molecule has 4 nitrogen and oxygen atoms in total. The molecule has 120 valence electrons. The molecular weight excluding hydrogens is 266 g/mol. The number of hydrogen-bond acceptors (Lipinski definition) is 3. The van der Waals surface area contributed by atoms with Crippen molar-refractivity contribution in [3.05, 3.63) is 0 Å². The molecule has 0 bridgehead atoms. The maximum absolute atomic E-state index is 12.6. The van der Waals surface area contributed by atoms with Gasteiger partial charge in [-0.3, -0.25) is 4.79 Å². The van der Waals surface area contributed by atoms with Crippen molar-refractivity contribution in [2.75, 3.05) is 0 Å². The van der Waals surface area contributed by atoms with Gasteiger partial charge >= 0.3 is 0 Å². The van der Waals surface area contributed by atoms with E-state index in [4.69, 9.17) is 0 Å². The summed E-state index contributed by atoms with van der Waals surface area (Å²) in [6, 6.07) is 0.269. The first-order valence-electron chi connectivity index (χ1n) is 8.31. The van der Waals surface area contributed by atoms with E-state index in [2.05, 4.69) is 5.32 Å². The second kappa shape index (κ2) is 5.98. The average molecular weight is 294 g/mol. The third-order valence-electron chi connectivity index (χ3n) is 6.19. The van der Waals surface area contributed by atoms with Gasteiger partial charge in [0.15, 0.2) is 0 Å². The second-order valence-corrected chi connectivity index (χ2v) is 7.63. The lowest BCUT2D eigenvalue weighted by molar-refractivity contribution is -0.323. The maximum atomic E-state index is 12.6. The smallest absolute Gasteiger partial charge is 0.223 e. The standard InChI is InChI=1S/C17H29NO3/c1-16(2)13(10-11-17(16,3)15(20)21)14(19)18-12-8-6-4-5-7-9-12/h12-13H,4-11H2,1-3H3,(H,18,19)(H,20,21)/p-1/t13-,17-/m1/s1. The van der Waals surface area contributed by atoms with E-state index >= 15 is 0 Å². The van der Waals surface area contributed by atoms with Crippen LogP contribution in [0.3, 0.4) is 0 Å². The summed E-state index contributed by atoms with van der Waals surface area (Å²) >= 11 is 0. The van der Waals surface area contributed by atoms with Gasteiger partial charge in [-0.25, -0.2) is 0 Å². The zero-order chi connectivity index (χ0) is 15.7. The van der Waals surface area contributed by atoms with Crippen LogP contribution >= 0.6 is 0 Å². The van der Waals surface area contributed by atoms with Crippen molar-refractivity contribution < 1.29 is 14.7 Å². The van der Waals surface area contributed by atoms with Crippen LogP contribution in [0.4, 0.5) is 0 Å². The Balaban J connectivity index is 2.04. The van der Waals surface area contributed by atoms with Gasteiger partial charge in [0.05, 0.1) is 0 Å². The van der Waals surface area contributed by atoms with Crippen LogP contribution in [0.1, 0.15) is 72.1 Å². The first-order valence-corrected chi connectivity index (χ1v) is 8.31. The fourth-order valence-electron chi connectivity index (χ4n) is 4.05. The molecule has 4 heteroatoms. The molecular formula is C17H28NO3-. The first kappa shape index (κ1) is 16.3. The summed E-state index contributed by atoms with van der Waals surface area (Å²) in [4.78, 5) is 24.1. The lowest BCUT2D eigenvalue weighted by atomic mass is 9.65. The lowest BCUT2D eigenvalue weighted by Crippen LogP contribution is -2.51. The average Bonchev–Trinajstić information content (AvgIpc) is 2.59. The highest BCUT2D eigenvalue weighted by Crippen LogP contribution is 2.55. The van der Waals surface area contributed by atoms with Crippen molar-refractivity contribution in [1.29, 1.82) is 0 Å². The highest BCUT2D eigenvalue weighted by atomic mass is 16.4. The fourth-order valence-corrected chi connectivity index (χ4v) is 4.05. The summed E-state index contributed by atoms with van der Waals surface area (Å²) in [7, 11) is 0. The molecule has 2 fully saturated rings. The van der Waals surface area contributed by atoms with Crippen molar-refractivity contribution in [2.45, 2.75) is 78.2 Å². The summed E-state index contributed by atoms with van der Waals surface area (Å²) in [5.74, 6) is -1.22. The van der Waals surface area contributed by atoms with Crippen LogP contribution in [-0.2, 0) is 9.59 Å². The third kappa shape index (κ3) is 2.95. The Kier molecular flexibility index (Phi) is 4.64. The summed E-state index contributed by atoms with van der Waals surface area (Å²) in [5.41, 5.74) is -1.49. The molecule has 2 atom stereocenters. The summed E-state index contributed by atoms with van der Waals surface area (Å²) in [6.07, 6.45) is 8.12. The van der Waals surface area contributed by atoms with Gasteiger partial charge in [-0.15, -0.1) is 0 Å². The molecule has 2 aliphatic carbocycles. The normalized spacial score (nSPS) is 33.4. The molecule has 0 radical (unpaired) electrons. The van der Waals surface area contributed by atoms with E-state index in [0.29, 0.717) is 12.8 Å². The molecule has 0 aromatic carbocycles. The molecule has 1 amide bonds. The number of carbonyl (C=O) groups is 2. The topological polar surface area (TPSA) is 69.2 Å². The number of carboxylic acids is 1. The van der Waals surface area contributed by atoms with Gasteiger partial charge in [-0.1, -0.05) is 46.5 Å². The Bertz CT molecular complexity index is 410. The van der Waals surface area contributed by atoms with E-state index in [1.165, 1.54) is 25.7 Å². The molecule has 0 unspecified atom stereocenters. The summed E-state index contributed by atoms with van der Waals surface area (Å²) in [6.45, 7) is 5.52. The second-order valence-electron chi connectivity index (χ2n) is 7.63. The Labute approximate surface area is 127 Å². The number of nitrogens with one attached hydrogen (secondary N) is 1. The molecule has 2 saturated carbocycles. The van der Waals surface area contributed by atoms with Crippen LogP contribution < -0.4 is 10.4 Å². The Morgan fingerprint density at radius 1 is 1.00 bits per heavy atom. The first-order chi connectivity index (χ1) is 9.79. The van der Waals surface area contributed by atoms with E-state index in [9.17, 15) is 14.7 Å². The van der Waals surface area contributed by atoms with Gasteiger partial charge in [-0.2, -0.15) is 0 Å². The number of amides is 1. The maximum Gasteiger partial charge on any atom is 0.223 e. The minimum atomic E-state index is -1.03. The predicted molar refractivity (Wildman–Crippen MR) is 79.3 cm³/mol. The molecule has 0 aromatic rings. The SMILES string of the molecule is CC1(C)[C@@H](C(=O)NC2CCCCCC2)CC[C@]1(C)C(=O)[O-]. The van der Waals surface area contributed by atoms with E-state index in [0.717, 1.165) is 12.8 Å². The molecule has 0 aliphatic heterocycles.